The first-order chi connectivity index (χ1) is 17.1. The van der Waals surface area contributed by atoms with E-state index in [1.54, 1.807) is 12.1 Å². The number of benzene rings is 2. The Morgan fingerprint density at radius 3 is 2.57 bits per heavy atom. The van der Waals surface area contributed by atoms with Crippen LogP contribution in [0.3, 0.4) is 0 Å². The number of pyridine rings is 1. The maximum absolute atomic E-state index is 13.1. The number of carbonyl (C=O) groups excluding carboxylic acids is 1. The number of morpholine rings is 1. The molecule has 1 saturated heterocycles. The molecule has 0 unspecified atom stereocenters. The van der Waals surface area contributed by atoms with Crippen LogP contribution in [0.25, 0.3) is 5.65 Å². The van der Waals surface area contributed by atoms with Crippen LogP contribution >= 0.6 is 0 Å². The number of carbonyl (C=O) groups is 1. The van der Waals surface area contributed by atoms with Gasteiger partial charge in [-0.2, -0.15) is 0 Å². The van der Waals surface area contributed by atoms with E-state index in [-0.39, 0.29) is 11.9 Å². The van der Waals surface area contributed by atoms with Crippen LogP contribution in [0.1, 0.15) is 33.2 Å². The first-order valence-electron chi connectivity index (χ1n) is 12.0. The van der Waals surface area contributed by atoms with Gasteiger partial charge in [0.25, 0.3) is 5.91 Å². The summed E-state index contributed by atoms with van der Waals surface area (Å²) in [4.78, 5) is 20.0. The number of hydrogen-bond acceptors (Lipinski definition) is 5. The maximum atomic E-state index is 13.1. The van der Waals surface area contributed by atoms with Gasteiger partial charge < -0.3 is 19.2 Å². The van der Waals surface area contributed by atoms with Gasteiger partial charge in [-0.1, -0.05) is 36.4 Å². The molecule has 5 rings (SSSR count). The van der Waals surface area contributed by atoms with Gasteiger partial charge in [-0.15, -0.1) is 0 Å². The molecule has 0 spiro atoms. The summed E-state index contributed by atoms with van der Waals surface area (Å²) in [5, 5.41) is 3.22. The minimum atomic E-state index is -0.102. The molecular weight excluding hydrogens is 440 g/mol. The van der Waals surface area contributed by atoms with Crippen molar-refractivity contribution in [3.63, 3.8) is 0 Å². The smallest absolute Gasteiger partial charge is 0.251 e. The van der Waals surface area contributed by atoms with Gasteiger partial charge in [0.05, 0.1) is 24.9 Å². The molecule has 2 aromatic heterocycles. The van der Waals surface area contributed by atoms with Crippen LogP contribution in [0.5, 0.6) is 5.75 Å². The molecule has 2 aromatic carbocycles. The Morgan fingerprint density at radius 1 is 1.03 bits per heavy atom. The van der Waals surface area contributed by atoms with Crippen molar-refractivity contribution in [3.8, 4) is 5.75 Å². The number of fused-ring (bicyclic) bond motifs is 1. The van der Waals surface area contributed by atoms with Crippen LogP contribution in [0.2, 0.25) is 0 Å². The molecule has 0 radical (unpaired) electrons. The molecule has 1 aliphatic heterocycles. The van der Waals surface area contributed by atoms with Crippen LogP contribution in [-0.2, 0) is 11.3 Å². The second-order valence-electron chi connectivity index (χ2n) is 8.87. The van der Waals surface area contributed by atoms with Gasteiger partial charge in [-0.05, 0) is 48.4 Å². The minimum Gasteiger partial charge on any atom is -0.487 e. The predicted octanol–water partition coefficient (Wildman–Crippen LogP) is 4.03. The van der Waals surface area contributed by atoms with Crippen molar-refractivity contribution >= 4 is 11.6 Å². The van der Waals surface area contributed by atoms with E-state index in [0.29, 0.717) is 17.9 Å². The SMILES string of the molecule is Cc1ccc2nc(COc3ccc(C(=O)N[C@@H](CN4CCOCC4)c4ccccc4)cc3)cn2c1. The lowest BCUT2D eigenvalue weighted by molar-refractivity contribution is 0.0332. The molecule has 1 atom stereocenters. The lowest BCUT2D eigenvalue weighted by Gasteiger charge is -2.31. The Morgan fingerprint density at radius 2 is 1.80 bits per heavy atom. The van der Waals surface area contributed by atoms with Crippen molar-refractivity contribution < 1.29 is 14.3 Å². The van der Waals surface area contributed by atoms with Crippen LogP contribution in [0, 0.1) is 6.92 Å². The number of aryl methyl sites for hydroxylation is 1. The minimum absolute atomic E-state index is 0.101. The molecule has 1 N–H and O–H groups in total. The molecule has 1 fully saturated rings. The Kier molecular flexibility index (Phi) is 7.07. The molecule has 7 nitrogen and oxygen atoms in total. The summed E-state index contributed by atoms with van der Waals surface area (Å²) < 4.78 is 13.4. The highest BCUT2D eigenvalue weighted by Gasteiger charge is 2.20. The van der Waals surface area contributed by atoms with Gasteiger partial charge in [-0.3, -0.25) is 9.69 Å². The third kappa shape index (κ3) is 5.88. The quantitative estimate of drug-likeness (QED) is 0.421. The summed E-state index contributed by atoms with van der Waals surface area (Å²) >= 11 is 0. The van der Waals surface area contributed by atoms with Gasteiger partial charge in [0, 0.05) is 37.6 Å². The lowest BCUT2D eigenvalue weighted by Crippen LogP contribution is -2.43. The van der Waals surface area contributed by atoms with Crippen LogP contribution in [0.4, 0.5) is 0 Å². The Bertz CT molecular complexity index is 1260. The van der Waals surface area contributed by atoms with Crippen LogP contribution in [0.15, 0.2) is 79.1 Å². The summed E-state index contributed by atoms with van der Waals surface area (Å²) in [6.45, 7) is 6.37. The standard InChI is InChI=1S/C28H30N4O3/c1-21-7-12-27-29-24(18-32(27)17-21)20-35-25-10-8-23(9-11-25)28(33)30-26(22-5-3-2-4-6-22)19-31-13-15-34-16-14-31/h2-12,17-18,26H,13-16,19-20H2,1H3,(H,30,33)/t26-/m0/s1. The number of aromatic nitrogens is 2. The van der Waals surface area contributed by atoms with Crippen molar-refractivity contribution in [2.45, 2.75) is 19.6 Å². The Hall–Kier alpha value is -3.68. The molecule has 0 bridgehead atoms. The summed E-state index contributed by atoms with van der Waals surface area (Å²) in [6.07, 6.45) is 4.02. The predicted molar refractivity (Wildman–Crippen MR) is 135 cm³/mol. The van der Waals surface area contributed by atoms with E-state index in [2.05, 4.69) is 34.3 Å². The molecule has 180 valence electrons. The third-order valence-corrected chi connectivity index (χ3v) is 6.20. The largest absolute Gasteiger partial charge is 0.487 e. The average molecular weight is 471 g/mol. The normalized spacial score (nSPS) is 15.1. The van der Waals surface area contributed by atoms with Gasteiger partial charge >= 0.3 is 0 Å². The van der Waals surface area contributed by atoms with Crippen molar-refractivity contribution in [3.05, 3.63) is 102 Å². The van der Waals surface area contributed by atoms with Gasteiger partial charge in [0.1, 0.15) is 18.0 Å². The van der Waals surface area contributed by atoms with E-state index < -0.39 is 0 Å². The second-order valence-corrected chi connectivity index (χ2v) is 8.87. The summed E-state index contributed by atoms with van der Waals surface area (Å²) in [6, 6.07) is 21.3. The third-order valence-electron chi connectivity index (χ3n) is 6.20. The number of rotatable bonds is 8. The lowest BCUT2D eigenvalue weighted by atomic mass is 10.1. The van der Waals surface area contributed by atoms with Crippen molar-refractivity contribution in [2.24, 2.45) is 0 Å². The Balaban J connectivity index is 1.21. The molecular formula is C28H30N4O3. The van der Waals surface area contributed by atoms with Gasteiger partial charge in [0.2, 0.25) is 0 Å². The summed E-state index contributed by atoms with van der Waals surface area (Å²) in [5.74, 6) is 0.595. The van der Waals surface area contributed by atoms with E-state index in [9.17, 15) is 4.79 Å². The first kappa shape index (κ1) is 23.1. The highest BCUT2D eigenvalue weighted by Crippen LogP contribution is 2.18. The molecule has 1 amide bonds. The van der Waals surface area contributed by atoms with E-state index in [4.69, 9.17) is 9.47 Å². The van der Waals surface area contributed by atoms with E-state index in [0.717, 1.165) is 49.8 Å². The summed E-state index contributed by atoms with van der Waals surface area (Å²) in [7, 11) is 0. The number of nitrogens with zero attached hydrogens (tertiary/aromatic N) is 3. The molecule has 4 aromatic rings. The molecule has 7 heteroatoms. The molecule has 0 aliphatic carbocycles. The monoisotopic (exact) mass is 470 g/mol. The molecule has 1 aliphatic rings. The Labute approximate surface area is 205 Å². The van der Waals surface area contributed by atoms with E-state index >= 15 is 0 Å². The van der Waals surface area contributed by atoms with Crippen molar-refractivity contribution in [1.29, 1.82) is 0 Å². The fraction of sp³-hybridized carbons (Fsp3) is 0.286. The average Bonchev–Trinajstić information content (AvgIpc) is 3.30. The van der Waals surface area contributed by atoms with Crippen LogP contribution in [-0.4, -0.2) is 53.0 Å². The van der Waals surface area contributed by atoms with Crippen molar-refractivity contribution in [2.75, 3.05) is 32.8 Å². The molecule has 35 heavy (non-hydrogen) atoms. The van der Waals surface area contributed by atoms with Gasteiger partial charge in [-0.25, -0.2) is 4.98 Å². The van der Waals surface area contributed by atoms with E-state index in [1.165, 1.54) is 5.56 Å². The first-order valence-corrected chi connectivity index (χ1v) is 12.0. The molecule has 3 heterocycles. The second kappa shape index (κ2) is 10.7. The number of hydrogen-bond donors (Lipinski definition) is 1. The highest BCUT2D eigenvalue weighted by molar-refractivity contribution is 5.94. The number of amides is 1. The topological polar surface area (TPSA) is 68.1 Å². The number of imidazole rings is 1. The maximum Gasteiger partial charge on any atom is 0.251 e. The van der Waals surface area contributed by atoms with Crippen LogP contribution < -0.4 is 10.1 Å². The van der Waals surface area contributed by atoms with Crippen molar-refractivity contribution in [1.82, 2.24) is 19.6 Å². The fourth-order valence-corrected chi connectivity index (χ4v) is 4.29. The number of ether oxygens (including phenoxy) is 2. The fourth-order valence-electron chi connectivity index (χ4n) is 4.29. The zero-order valence-electron chi connectivity index (χ0n) is 19.9. The molecule has 0 saturated carbocycles. The zero-order valence-corrected chi connectivity index (χ0v) is 19.9. The zero-order chi connectivity index (χ0) is 24.0. The van der Waals surface area contributed by atoms with Gasteiger partial charge in [0.15, 0.2) is 0 Å². The number of nitrogens with one attached hydrogen (secondary N) is 1. The van der Waals surface area contributed by atoms with E-state index in [1.807, 2.05) is 59.3 Å². The highest BCUT2D eigenvalue weighted by atomic mass is 16.5. The summed E-state index contributed by atoms with van der Waals surface area (Å²) in [5.41, 5.74) is 4.62.